The molecule has 2 atom stereocenters. The highest BCUT2D eigenvalue weighted by Gasteiger charge is 2.25. The van der Waals surface area contributed by atoms with Crippen molar-refractivity contribution in [3.8, 4) is 0 Å². The number of hydrogen-bond acceptors (Lipinski definition) is 3. The number of thiophene rings is 1. The van der Waals surface area contributed by atoms with Crippen LogP contribution < -0.4 is 4.72 Å². The highest BCUT2D eigenvalue weighted by atomic mass is 32.2. The summed E-state index contributed by atoms with van der Waals surface area (Å²) >= 11 is 1.54. The lowest BCUT2D eigenvalue weighted by molar-refractivity contribution is 0.503. The van der Waals surface area contributed by atoms with Crippen LogP contribution in [0.3, 0.4) is 0 Å². The van der Waals surface area contributed by atoms with Gasteiger partial charge in [0.15, 0.2) is 0 Å². The maximum atomic E-state index is 12.4. The molecule has 0 spiro atoms. The van der Waals surface area contributed by atoms with E-state index in [0.29, 0.717) is 0 Å². The lowest BCUT2D eigenvalue weighted by Crippen LogP contribution is -2.31. The first-order valence-electron chi connectivity index (χ1n) is 6.28. The molecule has 0 fully saturated rings. The summed E-state index contributed by atoms with van der Waals surface area (Å²) in [6.07, 6.45) is 1.76. The molecular weight excluding hydrogens is 290 g/mol. The zero-order valence-electron chi connectivity index (χ0n) is 11.2. The van der Waals surface area contributed by atoms with Crippen molar-refractivity contribution in [2.24, 2.45) is 5.92 Å². The summed E-state index contributed by atoms with van der Waals surface area (Å²) in [7, 11) is -3.53. The van der Waals surface area contributed by atoms with Crippen LogP contribution in [-0.4, -0.2) is 8.42 Å². The van der Waals surface area contributed by atoms with Crippen molar-refractivity contribution < 1.29 is 8.42 Å². The van der Waals surface area contributed by atoms with Crippen LogP contribution in [-0.2, 0) is 10.0 Å². The predicted octanol–water partition coefficient (Wildman–Crippen LogP) is 3.59. The Bertz CT molecular complexity index is 648. The smallest absolute Gasteiger partial charge is 0.207 e. The molecule has 2 unspecified atom stereocenters. The summed E-state index contributed by atoms with van der Waals surface area (Å²) < 4.78 is 27.6. The molecule has 0 aliphatic heterocycles. The summed E-state index contributed by atoms with van der Waals surface area (Å²) in [6, 6.07) is 12.0. The van der Waals surface area contributed by atoms with Crippen molar-refractivity contribution in [1.29, 1.82) is 0 Å². The van der Waals surface area contributed by atoms with Gasteiger partial charge in [0.2, 0.25) is 10.0 Å². The third-order valence-corrected chi connectivity index (χ3v) is 5.50. The molecule has 1 aromatic heterocycles. The summed E-state index contributed by atoms with van der Waals surface area (Å²) in [5.41, 5.74) is 0. The van der Waals surface area contributed by atoms with E-state index in [-0.39, 0.29) is 16.9 Å². The van der Waals surface area contributed by atoms with Gasteiger partial charge in [-0.3, -0.25) is 0 Å². The molecular formula is C15H17NO2S2. The third-order valence-electron chi connectivity index (χ3n) is 3.08. The third kappa shape index (κ3) is 3.36. The van der Waals surface area contributed by atoms with E-state index < -0.39 is 10.0 Å². The van der Waals surface area contributed by atoms with Crippen LogP contribution in [0.5, 0.6) is 0 Å². The fourth-order valence-corrected chi connectivity index (χ4v) is 4.16. The largest absolute Gasteiger partial charge is 0.241 e. The van der Waals surface area contributed by atoms with Crippen molar-refractivity contribution in [1.82, 2.24) is 4.72 Å². The van der Waals surface area contributed by atoms with Gasteiger partial charge in [-0.2, -0.15) is 0 Å². The van der Waals surface area contributed by atoms with Crippen LogP contribution in [0.1, 0.15) is 17.8 Å². The summed E-state index contributed by atoms with van der Waals surface area (Å²) in [5, 5.41) is 1.94. The Morgan fingerprint density at radius 2 is 1.90 bits per heavy atom. The topological polar surface area (TPSA) is 46.2 Å². The Morgan fingerprint density at radius 3 is 2.45 bits per heavy atom. The van der Waals surface area contributed by atoms with Crippen molar-refractivity contribution in [2.75, 3.05) is 0 Å². The molecule has 0 aliphatic carbocycles. The molecule has 106 valence electrons. The van der Waals surface area contributed by atoms with Crippen LogP contribution in [0.15, 0.2) is 65.4 Å². The zero-order valence-corrected chi connectivity index (χ0v) is 12.8. The summed E-state index contributed by atoms with van der Waals surface area (Å²) in [6.45, 7) is 5.71. The molecule has 3 nitrogen and oxygen atoms in total. The maximum absolute atomic E-state index is 12.4. The van der Waals surface area contributed by atoms with E-state index in [1.165, 1.54) is 11.3 Å². The fraction of sp³-hybridized carbons (Fsp3) is 0.200. The minimum absolute atomic E-state index is 0.00661. The predicted molar refractivity (Wildman–Crippen MR) is 83.2 cm³/mol. The van der Waals surface area contributed by atoms with Crippen LogP contribution >= 0.6 is 11.3 Å². The van der Waals surface area contributed by atoms with Crippen molar-refractivity contribution in [3.05, 3.63) is 65.4 Å². The van der Waals surface area contributed by atoms with E-state index in [0.717, 1.165) is 4.88 Å². The van der Waals surface area contributed by atoms with Gasteiger partial charge in [0.05, 0.1) is 10.9 Å². The van der Waals surface area contributed by atoms with Crippen LogP contribution in [0.25, 0.3) is 0 Å². The van der Waals surface area contributed by atoms with Gasteiger partial charge < -0.3 is 0 Å². The maximum Gasteiger partial charge on any atom is 0.241 e. The molecule has 1 heterocycles. The second kappa shape index (κ2) is 6.35. The van der Waals surface area contributed by atoms with Gasteiger partial charge in [-0.25, -0.2) is 13.1 Å². The highest BCUT2D eigenvalue weighted by Crippen LogP contribution is 2.28. The van der Waals surface area contributed by atoms with E-state index in [9.17, 15) is 8.42 Å². The Labute approximate surface area is 124 Å². The van der Waals surface area contributed by atoms with Crippen molar-refractivity contribution in [3.63, 3.8) is 0 Å². The Morgan fingerprint density at radius 1 is 1.20 bits per heavy atom. The second-order valence-electron chi connectivity index (χ2n) is 4.52. The lowest BCUT2D eigenvalue weighted by Gasteiger charge is -2.21. The second-order valence-corrected chi connectivity index (χ2v) is 7.22. The number of nitrogens with one attached hydrogen (secondary N) is 1. The van der Waals surface area contributed by atoms with E-state index in [1.54, 1.807) is 36.4 Å². The van der Waals surface area contributed by atoms with Gasteiger partial charge >= 0.3 is 0 Å². The summed E-state index contributed by atoms with van der Waals surface area (Å²) in [4.78, 5) is 1.26. The molecule has 2 rings (SSSR count). The highest BCUT2D eigenvalue weighted by molar-refractivity contribution is 7.89. The quantitative estimate of drug-likeness (QED) is 0.829. The molecule has 1 N–H and O–H groups in total. The van der Waals surface area contributed by atoms with Gasteiger partial charge in [-0.1, -0.05) is 37.3 Å². The standard InChI is InChI=1S/C15H17NO2S2/c1-3-12(2)15(14-10-7-11-19-14)16-20(17,18)13-8-5-4-6-9-13/h3-12,15-16H,1H2,2H3. The molecule has 0 bridgehead atoms. The molecule has 0 saturated heterocycles. The average Bonchev–Trinajstić information content (AvgIpc) is 2.99. The van der Waals surface area contributed by atoms with Crippen molar-refractivity contribution in [2.45, 2.75) is 17.9 Å². The van der Waals surface area contributed by atoms with E-state index in [1.807, 2.05) is 24.4 Å². The van der Waals surface area contributed by atoms with Gasteiger partial charge in [-0.05, 0) is 29.5 Å². The molecule has 0 radical (unpaired) electrons. The molecule has 0 saturated carbocycles. The van der Waals surface area contributed by atoms with Gasteiger partial charge in [0, 0.05) is 4.88 Å². The van der Waals surface area contributed by atoms with E-state index >= 15 is 0 Å². The van der Waals surface area contributed by atoms with E-state index in [2.05, 4.69) is 11.3 Å². The fourth-order valence-electron chi connectivity index (χ4n) is 1.86. The molecule has 0 amide bonds. The zero-order chi connectivity index (χ0) is 14.6. The molecule has 5 heteroatoms. The summed E-state index contributed by atoms with van der Waals surface area (Å²) in [5.74, 6) is 0.00661. The Kier molecular flexibility index (Phi) is 4.75. The number of hydrogen-bond donors (Lipinski definition) is 1. The van der Waals surface area contributed by atoms with E-state index in [4.69, 9.17) is 0 Å². The molecule has 2 aromatic rings. The normalized spacial score (nSPS) is 14.7. The minimum Gasteiger partial charge on any atom is -0.207 e. The Balaban J connectivity index is 2.31. The first-order valence-corrected chi connectivity index (χ1v) is 8.64. The lowest BCUT2D eigenvalue weighted by atomic mass is 10.0. The molecule has 0 aliphatic rings. The van der Waals surface area contributed by atoms with Crippen LogP contribution in [0.2, 0.25) is 0 Å². The number of benzene rings is 1. The number of sulfonamides is 1. The Hall–Kier alpha value is -1.43. The van der Waals surface area contributed by atoms with Gasteiger partial charge in [0.1, 0.15) is 0 Å². The van der Waals surface area contributed by atoms with Crippen molar-refractivity contribution >= 4 is 21.4 Å². The average molecular weight is 307 g/mol. The SMILES string of the molecule is C=CC(C)C(NS(=O)(=O)c1ccccc1)c1cccs1. The first-order chi connectivity index (χ1) is 9.54. The monoisotopic (exact) mass is 307 g/mol. The van der Waals surface area contributed by atoms with Crippen LogP contribution in [0, 0.1) is 5.92 Å². The van der Waals surface area contributed by atoms with Gasteiger partial charge in [0.25, 0.3) is 0 Å². The minimum atomic E-state index is -3.53. The first kappa shape index (κ1) is 15.0. The molecule has 20 heavy (non-hydrogen) atoms. The number of rotatable bonds is 6. The van der Waals surface area contributed by atoms with Crippen LogP contribution in [0.4, 0.5) is 0 Å². The van der Waals surface area contributed by atoms with Gasteiger partial charge in [-0.15, -0.1) is 17.9 Å². The molecule has 1 aromatic carbocycles.